The fourth-order valence-electron chi connectivity index (χ4n) is 0.327. The van der Waals surface area contributed by atoms with Crippen LogP contribution in [0.15, 0.2) is 16.6 Å². The molecule has 41 valence electrons. The van der Waals surface area contributed by atoms with Gasteiger partial charge in [-0.25, -0.2) is 4.98 Å². The molecule has 1 rings (SSSR count). The van der Waals surface area contributed by atoms with E-state index in [0.29, 0.717) is 5.15 Å². The maximum Gasteiger partial charge on any atom is 0.143 e. The largest absolute Gasteiger partial charge is 0.233 e. The third-order valence-electron chi connectivity index (χ3n) is 0.664. The molecule has 8 heavy (non-hydrogen) atoms. The predicted octanol–water partition coefficient (Wildman–Crippen LogP) is 2.30. The summed E-state index contributed by atoms with van der Waals surface area (Å²) in [5.41, 5.74) is 0. The van der Waals surface area contributed by atoms with E-state index < -0.39 is 0 Å². The molecule has 0 saturated carbocycles. The molecule has 0 spiro atoms. The van der Waals surface area contributed by atoms with Gasteiger partial charge in [-0.05, 0) is 28.1 Å². The lowest BCUT2D eigenvalue weighted by atomic mass is 10.5. The molecule has 0 aliphatic carbocycles. The third-order valence-corrected chi connectivity index (χ3v) is 1.82. The Morgan fingerprint density at radius 3 is 2.88 bits per heavy atom. The standard InChI is InChI=1S/C5H2BrClN/c6-4-2-1-3-8-5(4)7/h1-2H. The first-order valence-corrected chi connectivity index (χ1v) is 3.16. The minimum atomic E-state index is 0.451. The van der Waals surface area contributed by atoms with Crippen molar-refractivity contribution in [1.29, 1.82) is 0 Å². The molecule has 1 nitrogen and oxygen atoms in total. The van der Waals surface area contributed by atoms with Crippen molar-refractivity contribution in [2.24, 2.45) is 0 Å². The van der Waals surface area contributed by atoms with Crippen LogP contribution < -0.4 is 0 Å². The van der Waals surface area contributed by atoms with Crippen molar-refractivity contribution < 1.29 is 0 Å². The Hall–Kier alpha value is -0.0800. The molecule has 1 radical (unpaired) electrons. The average Bonchev–Trinajstić information content (AvgIpc) is 1.77. The van der Waals surface area contributed by atoms with Crippen LogP contribution in [0.4, 0.5) is 0 Å². The summed E-state index contributed by atoms with van der Waals surface area (Å²) >= 11 is 8.70. The monoisotopic (exact) mass is 190 g/mol. The lowest BCUT2D eigenvalue weighted by molar-refractivity contribution is 1.29. The maximum atomic E-state index is 5.52. The zero-order valence-corrected chi connectivity index (χ0v) is 6.20. The van der Waals surface area contributed by atoms with E-state index in [1.807, 2.05) is 0 Å². The van der Waals surface area contributed by atoms with Gasteiger partial charge in [-0.15, -0.1) is 0 Å². The van der Waals surface area contributed by atoms with Crippen molar-refractivity contribution in [3.05, 3.63) is 28.0 Å². The molecule has 0 N–H and O–H groups in total. The topological polar surface area (TPSA) is 12.9 Å². The van der Waals surface area contributed by atoms with Crippen molar-refractivity contribution in [2.75, 3.05) is 0 Å². The van der Waals surface area contributed by atoms with Crippen molar-refractivity contribution in [1.82, 2.24) is 4.98 Å². The molecule has 0 bridgehead atoms. The van der Waals surface area contributed by atoms with E-state index in [0.717, 1.165) is 4.47 Å². The smallest absolute Gasteiger partial charge is 0.143 e. The zero-order chi connectivity index (χ0) is 5.98. The van der Waals surface area contributed by atoms with Gasteiger partial charge in [0, 0.05) is 0 Å². The summed E-state index contributed by atoms with van der Waals surface area (Å²) in [5, 5.41) is 0.451. The second kappa shape index (κ2) is 2.46. The molecule has 0 aromatic carbocycles. The molecule has 0 aliphatic heterocycles. The van der Waals surface area contributed by atoms with Gasteiger partial charge < -0.3 is 0 Å². The van der Waals surface area contributed by atoms with E-state index in [4.69, 9.17) is 11.6 Å². The second-order valence-electron chi connectivity index (χ2n) is 1.21. The van der Waals surface area contributed by atoms with Crippen LogP contribution in [0.2, 0.25) is 5.15 Å². The first-order chi connectivity index (χ1) is 3.80. The van der Waals surface area contributed by atoms with Gasteiger partial charge in [-0.3, -0.25) is 0 Å². The molecule has 0 fully saturated rings. The van der Waals surface area contributed by atoms with Gasteiger partial charge in [-0.1, -0.05) is 11.6 Å². The molecular formula is C5H2BrClN. The van der Waals surface area contributed by atoms with E-state index in [2.05, 4.69) is 27.1 Å². The van der Waals surface area contributed by atoms with Gasteiger partial charge in [0.25, 0.3) is 0 Å². The van der Waals surface area contributed by atoms with Gasteiger partial charge >= 0.3 is 0 Å². The van der Waals surface area contributed by atoms with Gasteiger partial charge in [0.15, 0.2) is 0 Å². The summed E-state index contributed by atoms with van der Waals surface area (Å²) < 4.78 is 0.804. The Bertz CT molecular complexity index is 169. The Morgan fingerprint density at radius 2 is 2.50 bits per heavy atom. The van der Waals surface area contributed by atoms with Crippen LogP contribution >= 0.6 is 27.5 Å². The minimum Gasteiger partial charge on any atom is -0.233 e. The van der Waals surface area contributed by atoms with Crippen LogP contribution in [-0.4, -0.2) is 4.98 Å². The zero-order valence-electron chi connectivity index (χ0n) is 3.86. The first-order valence-electron chi connectivity index (χ1n) is 1.99. The molecule has 0 unspecified atom stereocenters. The summed E-state index contributed by atoms with van der Waals surface area (Å²) in [6.45, 7) is 0. The van der Waals surface area contributed by atoms with Crippen LogP contribution in [0.5, 0.6) is 0 Å². The summed E-state index contributed by atoms with van der Waals surface area (Å²) in [7, 11) is 0. The average molecular weight is 191 g/mol. The fourth-order valence-corrected chi connectivity index (χ4v) is 0.659. The van der Waals surface area contributed by atoms with Crippen LogP contribution in [0, 0.1) is 6.20 Å². The molecule has 3 heteroatoms. The molecule has 0 aliphatic rings. The predicted molar refractivity (Wildman–Crippen MR) is 35.8 cm³/mol. The summed E-state index contributed by atoms with van der Waals surface area (Å²) in [5.74, 6) is 0. The number of aromatic nitrogens is 1. The summed E-state index contributed by atoms with van der Waals surface area (Å²) in [4.78, 5) is 3.67. The SMILES string of the molecule is Clc1n[c]ccc1Br. The number of pyridine rings is 1. The van der Waals surface area contributed by atoms with E-state index >= 15 is 0 Å². The van der Waals surface area contributed by atoms with Gasteiger partial charge in [0.05, 0.1) is 10.7 Å². The summed E-state index contributed by atoms with van der Waals surface area (Å²) in [6.07, 6.45) is 2.59. The highest BCUT2D eigenvalue weighted by Crippen LogP contribution is 2.16. The van der Waals surface area contributed by atoms with E-state index in [1.165, 1.54) is 0 Å². The minimum absolute atomic E-state index is 0.451. The van der Waals surface area contributed by atoms with Gasteiger partial charge in [0.2, 0.25) is 0 Å². The third kappa shape index (κ3) is 1.20. The Kier molecular flexibility index (Phi) is 1.86. The summed E-state index contributed by atoms with van der Waals surface area (Å²) in [6, 6.07) is 3.48. The molecule has 0 amide bonds. The lowest BCUT2D eigenvalue weighted by Gasteiger charge is -1.87. The van der Waals surface area contributed by atoms with Crippen molar-refractivity contribution in [3.8, 4) is 0 Å². The van der Waals surface area contributed by atoms with E-state index in [-0.39, 0.29) is 0 Å². The quantitative estimate of drug-likeness (QED) is 0.574. The van der Waals surface area contributed by atoms with Crippen LogP contribution in [0.25, 0.3) is 0 Å². The van der Waals surface area contributed by atoms with Crippen LogP contribution in [-0.2, 0) is 0 Å². The molecule has 1 aromatic heterocycles. The normalized spacial score (nSPS) is 9.25. The van der Waals surface area contributed by atoms with Crippen LogP contribution in [0.1, 0.15) is 0 Å². The molecule has 0 atom stereocenters. The molecule has 1 heterocycles. The van der Waals surface area contributed by atoms with Gasteiger partial charge in [-0.2, -0.15) is 0 Å². The van der Waals surface area contributed by atoms with Crippen LogP contribution in [0.3, 0.4) is 0 Å². The Morgan fingerprint density at radius 1 is 1.75 bits per heavy atom. The van der Waals surface area contributed by atoms with Gasteiger partial charge in [0.1, 0.15) is 5.15 Å². The fraction of sp³-hybridized carbons (Fsp3) is 0. The van der Waals surface area contributed by atoms with E-state index in [9.17, 15) is 0 Å². The van der Waals surface area contributed by atoms with Crippen molar-refractivity contribution in [2.45, 2.75) is 0 Å². The number of hydrogen-bond donors (Lipinski definition) is 0. The maximum absolute atomic E-state index is 5.52. The Balaban J connectivity index is 3.13. The number of halogens is 2. The molecular weight excluding hydrogens is 189 g/mol. The number of rotatable bonds is 0. The number of nitrogens with zero attached hydrogens (tertiary/aromatic N) is 1. The van der Waals surface area contributed by atoms with E-state index in [1.54, 1.807) is 12.1 Å². The first kappa shape index (κ1) is 6.05. The molecule has 0 saturated heterocycles. The highest BCUT2D eigenvalue weighted by Gasteiger charge is 1.91. The number of hydrogen-bond acceptors (Lipinski definition) is 1. The highest BCUT2D eigenvalue weighted by atomic mass is 79.9. The van der Waals surface area contributed by atoms with Crippen molar-refractivity contribution >= 4 is 27.5 Å². The second-order valence-corrected chi connectivity index (χ2v) is 2.43. The highest BCUT2D eigenvalue weighted by molar-refractivity contribution is 9.10. The van der Waals surface area contributed by atoms with Crippen molar-refractivity contribution in [3.63, 3.8) is 0 Å². The Labute approximate surface area is 60.8 Å². The molecule has 1 aromatic rings. The lowest BCUT2D eigenvalue weighted by Crippen LogP contribution is -1.72.